The molecule has 1 atom stereocenters. The third-order valence-electron chi connectivity index (χ3n) is 7.01. The van der Waals surface area contributed by atoms with E-state index in [1.165, 1.54) is 0 Å². The topological polar surface area (TPSA) is 74.6 Å². The van der Waals surface area contributed by atoms with Crippen molar-refractivity contribution in [2.45, 2.75) is 45.7 Å². The predicted octanol–water partition coefficient (Wildman–Crippen LogP) is 6.68. The number of para-hydroxylation sites is 1. The number of methoxy groups -OCH3 is 1. The molecular formula is C32H35N3O4. The molecule has 0 saturated carbocycles. The van der Waals surface area contributed by atoms with E-state index < -0.39 is 0 Å². The first-order valence-corrected chi connectivity index (χ1v) is 13.6. The van der Waals surface area contributed by atoms with Crippen molar-refractivity contribution in [2.24, 2.45) is 0 Å². The molecule has 0 bridgehead atoms. The van der Waals surface area contributed by atoms with Gasteiger partial charge in [0.2, 0.25) is 0 Å². The van der Waals surface area contributed by atoms with Crippen LogP contribution in [0.5, 0.6) is 17.2 Å². The van der Waals surface area contributed by atoms with Gasteiger partial charge >= 0.3 is 0 Å². The standard InChI is InChI=1S/C32H35N3O4/c1-4-6-15-25(24-14-10-11-16-26(24)37-3)33-32(36)30-29(23-17-18-27-28(21-23)39-20-19-38-27)34-31(35(30)5-2)22-12-8-7-9-13-22/h7-14,16-18,21,25H,4-6,15,19-20H2,1-3H3,(H,33,36). The zero-order valence-electron chi connectivity index (χ0n) is 22.8. The SMILES string of the molecule is CCCCC(NC(=O)c1c(-c2ccc3c(c2)OCCO3)nc(-c2ccccc2)n1CC)c1ccccc1OC. The average molecular weight is 526 g/mol. The molecule has 1 unspecified atom stereocenters. The molecule has 202 valence electrons. The number of carbonyl (C=O) groups is 1. The Kier molecular flexibility index (Phi) is 8.16. The predicted molar refractivity (Wildman–Crippen MR) is 152 cm³/mol. The van der Waals surface area contributed by atoms with Crippen LogP contribution in [-0.2, 0) is 6.54 Å². The minimum absolute atomic E-state index is 0.177. The van der Waals surface area contributed by atoms with E-state index in [4.69, 9.17) is 19.2 Å². The van der Waals surface area contributed by atoms with Crippen LogP contribution in [0, 0.1) is 0 Å². The average Bonchev–Trinajstić information content (AvgIpc) is 3.39. The number of benzene rings is 3. The molecule has 1 aromatic heterocycles. The van der Waals surface area contributed by atoms with Crippen molar-refractivity contribution in [1.29, 1.82) is 0 Å². The van der Waals surface area contributed by atoms with Gasteiger partial charge in [0.25, 0.3) is 5.91 Å². The van der Waals surface area contributed by atoms with Crippen LogP contribution in [0.3, 0.4) is 0 Å². The second-order valence-corrected chi connectivity index (χ2v) is 9.51. The molecule has 1 amide bonds. The molecule has 3 aromatic carbocycles. The minimum atomic E-state index is -0.206. The molecule has 5 rings (SSSR count). The molecular weight excluding hydrogens is 490 g/mol. The normalized spacial score (nSPS) is 13.1. The van der Waals surface area contributed by atoms with Crippen molar-refractivity contribution >= 4 is 5.91 Å². The Morgan fingerprint density at radius 2 is 1.72 bits per heavy atom. The molecule has 0 fully saturated rings. The van der Waals surface area contributed by atoms with E-state index in [0.29, 0.717) is 42.6 Å². The smallest absolute Gasteiger partial charge is 0.270 e. The molecule has 4 aromatic rings. The summed E-state index contributed by atoms with van der Waals surface area (Å²) >= 11 is 0. The van der Waals surface area contributed by atoms with Gasteiger partial charge < -0.3 is 24.1 Å². The Bertz CT molecular complexity index is 1430. The summed E-state index contributed by atoms with van der Waals surface area (Å²) in [6.45, 7) is 5.77. The number of nitrogens with zero attached hydrogens (tertiary/aromatic N) is 2. The van der Waals surface area contributed by atoms with Gasteiger partial charge in [0, 0.05) is 23.2 Å². The first-order valence-electron chi connectivity index (χ1n) is 13.6. The summed E-state index contributed by atoms with van der Waals surface area (Å²) in [7, 11) is 1.66. The molecule has 1 N–H and O–H groups in total. The number of amides is 1. The van der Waals surface area contributed by atoms with Crippen LogP contribution < -0.4 is 19.5 Å². The van der Waals surface area contributed by atoms with Crippen LogP contribution in [0.25, 0.3) is 22.6 Å². The number of fused-ring (bicyclic) bond motifs is 1. The molecule has 0 saturated heterocycles. The molecule has 7 nitrogen and oxygen atoms in total. The molecule has 1 aliphatic rings. The Hall–Kier alpha value is -4.26. The maximum atomic E-state index is 14.2. The number of nitrogens with one attached hydrogen (secondary N) is 1. The van der Waals surface area contributed by atoms with Crippen LogP contribution >= 0.6 is 0 Å². The summed E-state index contributed by atoms with van der Waals surface area (Å²) in [5, 5.41) is 3.34. The van der Waals surface area contributed by atoms with E-state index in [-0.39, 0.29) is 11.9 Å². The summed E-state index contributed by atoms with van der Waals surface area (Å²) < 4.78 is 19.2. The van der Waals surface area contributed by atoms with Gasteiger partial charge in [-0.3, -0.25) is 4.79 Å². The molecule has 2 heterocycles. The fourth-order valence-electron chi connectivity index (χ4n) is 5.09. The Labute approximate surface area is 229 Å². The highest BCUT2D eigenvalue weighted by molar-refractivity contribution is 6.00. The summed E-state index contributed by atoms with van der Waals surface area (Å²) in [6, 6.07) is 23.4. The maximum absolute atomic E-state index is 14.2. The van der Waals surface area contributed by atoms with Crippen molar-refractivity contribution < 1.29 is 19.0 Å². The van der Waals surface area contributed by atoms with Crippen molar-refractivity contribution in [2.75, 3.05) is 20.3 Å². The number of hydrogen-bond acceptors (Lipinski definition) is 5. The highest BCUT2D eigenvalue weighted by Crippen LogP contribution is 2.37. The monoisotopic (exact) mass is 525 g/mol. The lowest BCUT2D eigenvalue weighted by Gasteiger charge is -2.22. The summed E-state index contributed by atoms with van der Waals surface area (Å²) in [4.78, 5) is 19.3. The van der Waals surface area contributed by atoms with E-state index in [1.807, 2.05) is 84.3 Å². The number of carbonyl (C=O) groups excluding carboxylic acids is 1. The summed E-state index contributed by atoms with van der Waals surface area (Å²) in [5.74, 6) is 2.69. The van der Waals surface area contributed by atoms with E-state index in [0.717, 1.165) is 47.5 Å². The maximum Gasteiger partial charge on any atom is 0.270 e. The third kappa shape index (κ3) is 5.48. The first kappa shape index (κ1) is 26.4. The van der Waals surface area contributed by atoms with Crippen LogP contribution in [0.15, 0.2) is 72.8 Å². The van der Waals surface area contributed by atoms with Crippen molar-refractivity contribution in [1.82, 2.24) is 14.9 Å². The number of hydrogen-bond donors (Lipinski definition) is 1. The van der Waals surface area contributed by atoms with E-state index in [1.54, 1.807) is 7.11 Å². The lowest BCUT2D eigenvalue weighted by Crippen LogP contribution is -2.31. The zero-order chi connectivity index (χ0) is 27.2. The summed E-state index contributed by atoms with van der Waals surface area (Å²) in [6.07, 6.45) is 2.79. The number of aromatic nitrogens is 2. The lowest BCUT2D eigenvalue weighted by atomic mass is 9.99. The van der Waals surface area contributed by atoms with Gasteiger partial charge in [-0.2, -0.15) is 0 Å². The van der Waals surface area contributed by atoms with Crippen molar-refractivity contribution in [3.8, 4) is 39.9 Å². The van der Waals surface area contributed by atoms with Gasteiger partial charge in [0.05, 0.1) is 13.2 Å². The van der Waals surface area contributed by atoms with Gasteiger partial charge in [-0.15, -0.1) is 0 Å². The van der Waals surface area contributed by atoms with Crippen LogP contribution in [0.4, 0.5) is 0 Å². The van der Waals surface area contributed by atoms with Gasteiger partial charge in [-0.25, -0.2) is 4.98 Å². The van der Waals surface area contributed by atoms with E-state index in [9.17, 15) is 4.79 Å². The first-order chi connectivity index (χ1) is 19.1. The fourth-order valence-corrected chi connectivity index (χ4v) is 5.09. The summed E-state index contributed by atoms with van der Waals surface area (Å²) in [5.41, 5.74) is 3.85. The molecule has 0 spiro atoms. The van der Waals surface area contributed by atoms with Crippen LogP contribution in [0.2, 0.25) is 0 Å². The molecule has 0 radical (unpaired) electrons. The minimum Gasteiger partial charge on any atom is -0.496 e. The highest BCUT2D eigenvalue weighted by Gasteiger charge is 2.28. The second kappa shape index (κ2) is 12.1. The van der Waals surface area contributed by atoms with Gasteiger partial charge in [-0.05, 0) is 37.6 Å². The molecule has 1 aliphatic heterocycles. The van der Waals surface area contributed by atoms with Gasteiger partial charge in [-0.1, -0.05) is 68.3 Å². The van der Waals surface area contributed by atoms with Crippen molar-refractivity contribution in [3.05, 3.63) is 84.1 Å². The third-order valence-corrected chi connectivity index (χ3v) is 7.01. The molecule has 39 heavy (non-hydrogen) atoms. The largest absolute Gasteiger partial charge is 0.496 e. The quantitative estimate of drug-likeness (QED) is 0.250. The molecule has 0 aliphatic carbocycles. The number of unbranched alkanes of at least 4 members (excludes halogenated alkanes) is 1. The fraction of sp³-hybridized carbons (Fsp3) is 0.312. The van der Waals surface area contributed by atoms with Crippen molar-refractivity contribution in [3.63, 3.8) is 0 Å². The Morgan fingerprint density at radius 3 is 2.46 bits per heavy atom. The zero-order valence-corrected chi connectivity index (χ0v) is 22.8. The Morgan fingerprint density at radius 1 is 0.974 bits per heavy atom. The van der Waals surface area contributed by atoms with Crippen LogP contribution in [0.1, 0.15) is 55.2 Å². The van der Waals surface area contributed by atoms with Gasteiger partial charge in [0.15, 0.2) is 11.5 Å². The number of imidazole rings is 1. The Balaban J connectivity index is 1.61. The number of rotatable bonds is 10. The van der Waals surface area contributed by atoms with Gasteiger partial charge in [0.1, 0.15) is 36.2 Å². The van der Waals surface area contributed by atoms with E-state index >= 15 is 0 Å². The molecule has 7 heteroatoms. The second-order valence-electron chi connectivity index (χ2n) is 9.51. The lowest BCUT2D eigenvalue weighted by molar-refractivity contribution is 0.0925. The highest BCUT2D eigenvalue weighted by atomic mass is 16.6. The van der Waals surface area contributed by atoms with E-state index in [2.05, 4.69) is 12.2 Å². The number of ether oxygens (including phenoxy) is 3. The van der Waals surface area contributed by atoms with Crippen LogP contribution in [-0.4, -0.2) is 35.8 Å².